The fourth-order valence-electron chi connectivity index (χ4n) is 2.21. The van der Waals surface area contributed by atoms with Crippen molar-refractivity contribution in [1.82, 2.24) is 15.4 Å². The molecule has 19 heavy (non-hydrogen) atoms. The van der Waals surface area contributed by atoms with Gasteiger partial charge in [0.25, 0.3) is 5.91 Å². The van der Waals surface area contributed by atoms with Crippen LogP contribution in [0.3, 0.4) is 0 Å². The maximum Gasteiger partial charge on any atom is 0.251 e. The summed E-state index contributed by atoms with van der Waals surface area (Å²) in [6.07, 6.45) is 0.523. The summed E-state index contributed by atoms with van der Waals surface area (Å²) in [6.45, 7) is 2.01. The van der Waals surface area contributed by atoms with E-state index in [4.69, 9.17) is 5.73 Å². The van der Waals surface area contributed by atoms with Crippen LogP contribution in [0.2, 0.25) is 0 Å². The normalized spacial score (nSPS) is 12.9. The van der Waals surface area contributed by atoms with Crippen LogP contribution < -0.4 is 11.2 Å². The number of hydrogen-bond donors (Lipinski definition) is 3. The van der Waals surface area contributed by atoms with Gasteiger partial charge in [0.05, 0.1) is 6.04 Å². The first-order valence-electron chi connectivity index (χ1n) is 6.28. The van der Waals surface area contributed by atoms with Crippen LogP contribution in [0.4, 0.5) is 0 Å². The number of hydrogen-bond acceptors (Lipinski definition) is 3. The molecule has 0 saturated heterocycles. The molecule has 1 unspecified atom stereocenters. The van der Waals surface area contributed by atoms with E-state index in [1.807, 2.05) is 31.2 Å². The van der Waals surface area contributed by atoms with Crippen LogP contribution in [-0.2, 0) is 11.2 Å². The average Bonchev–Trinajstić information content (AvgIpc) is 2.65. The summed E-state index contributed by atoms with van der Waals surface area (Å²) in [4.78, 5) is 15.2. The number of nitrogens with zero attached hydrogens (tertiary/aromatic N) is 1. The first-order chi connectivity index (χ1) is 8.99. The predicted octanol–water partition coefficient (Wildman–Crippen LogP) is 0.939. The molecule has 102 valence electrons. The molecule has 5 nitrogen and oxygen atoms in total. The van der Waals surface area contributed by atoms with E-state index in [0.29, 0.717) is 6.42 Å². The number of carbonyl (C=O) groups excluding carboxylic acids is 1. The Hall–Kier alpha value is -1.85. The number of para-hydroxylation sites is 1. The third-order valence-corrected chi connectivity index (χ3v) is 3.12. The van der Waals surface area contributed by atoms with Crippen molar-refractivity contribution < 1.29 is 4.79 Å². The molecule has 0 saturated carbocycles. The smallest absolute Gasteiger partial charge is 0.251 e. The monoisotopic (exact) mass is 260 g/mol. The summed E-state index contributed by atoms with van der Waals surface area (Å²) in [7, 11) is 3.53. The second kappa shape index (κ2) is 5.42. The molecule has 1 aromatic carbocycles. The Morgan fingerprint density at radius 2 is 2.11 bits per heavy atom. The Morgan fingerprint density at radius 3 is 2.79 bits per heavy atom. The van der Waals surface area contributed by atoms with E-state index in [9.17, 15) is 4.79 Å². The Balaban J connectivity index is 2.21. The lowest BCUT2D eigenvalue weighted by atomic mass is 10.0. The van der Waals surface area contributed by atoms with Gasteiger partial charge in [0.2, 0.25) is 0 Å². The second-order valence-electron chi connectivity index (χ2n) is 4.96. The van der Waals surface area contributed by atoms with Crippen LogP contribution >= 0.6 is 0 Å². The van der Waals surface area contributed by atoms with Gasteiger partial charge in [-0.3, -0.25) is 10.2 Å². The maximum absolute atomic E-state index is 11.8. The van der Waals surface area contributed by atoms with E-state index in [1.165, 1.54) is 0 Å². The summed E-state index contributed by atoms with van der Waals surface area (Å²) < 4.78 is 0. The largest absolute Gasteiger partial charge is 0.358 e. The lowest BCUT2D eigenvalue weighted by Crippen LogP contribution is -2.47. The number of aromatic amines is 1. The molecule has 1 aromatic heterocycles. The molecule has 4 N–H and O–H groups in total. The first kappa shape index (κ1) is 13.6. The Labute approximate surface area is 112 Å². The van der Waals surface area contributed by atoms with E-state index in [1.54, 1.807) is 19.1 Å². The maximum atomic E-state index is 11.8. The summed E-state index contributed by atoms with van der Waals surface area (Å²) >= 11 is 0. The van der Waals surface area contributed by atoms with E-state index in [0.717, 1.165) is 22.2 Å². The fraction of sp³-hybridized carbons (Fsp3) is 0.357. The van der Waals surface area contributed by atoms with Crippen LogP contribution in [0.5, 0.6) is 0 Å². The van der Waals surface area contributed by atoms with Crippen molar-refractivity contribution in [2.45, 2.75) is 19.4 Å². The average molecular weight is 260 g/mol. The molecular formula is C14H20N4O. The van der Waals surface area contributed by atoms with Crippen LogP contribution in [0.25, 0.3) is 10.9 Å². The molecule has 1 atom stereocenters. The molecule has 0 aliphatic carbocycles. The van der Waals surface area contributed by atoms with Crippen LogP contribution in [0.1, 0.15) is 11.3 Å². The summed E-state index contributed by atoms with van der Waals surface area (Å²) in [5.74, 6) is -0.172. The minimum Gasteiger partial charge on any atom is -0.358 e. The van der Waals surface area contributed by atoms with E-state index >= 15 is 0 Å². The zero-order valence-electron chi connectivity index (χ0n) is 11.5. The van der Waals surface area contributed by atoms with Gasteiger partial charge in [0, 0.05) is 30.7 Å². The van der Waals surface area contributed by atoms with Crippen molar-refractivity contribution in [3.05, 3.63) is 35.5 Å². The number of rotatable bonds is 4. The number of benzene rings is 1. The summed E-state index contributed by atoms with van der Waals surface area (Å²) in [6, 6.07) is 7.49. The lowest BCUT2D eigenvalue weighted by Gasteiger charge is -2.16. The number of aromatic nitrogens is 1. The van der Waals surface area contributed by atoms with Gasteiger partial charge in [-0.2, -0.15) is 0 Å². The minimum absolute atomic E-state index is 0.172. The molecule has 0 radical (unpaired) electrons. The van der Waals surface area contributed by atoms with Crippen molar-refractivity contribution in [1.29, 1.82) is 0 Å². The Bertz CT molecular complexity index is 588. The molecule has 0 bridgehead atoms. The van der Waals surface area contributed by atoms with Gasteiger partial charge in [-0.05, 0) is 25.0 Å². The number of amides is 1. The highest BCUT2D eigenvalue weighted by molar-refractivity contribution is 5.86. The molecule has 0 spiro atoms. The van der Waals surface area contributed by atoms with Crippen molar-refractivity contribution >= 4 is 16.8 Å². The molecule has 0 fully saturated rings. The van der Waals surface area contributed by atoms with E-state index in [2.05, 4.69) is 10.4 Å². The highest BCUT2D eigenvalue weighted by Crippen LogP contribution is 2.22. The standard InChI is InChI=1S/C14H20N4O/c1-9-11(8-12(15)14(19)17-18(2)3)10-6-4-5-7-13(10)16-9/h4-7,12,16H,8,15H2,1-3H3,(H,17,19). The number of hydrazine groups is 1. The lowest BCUT2D eigenvalue weighted by molar-refractivity contribution is -0.126. The molecule has 0 aliphatic rings. The number of nitrogens with one attached hydrogen (secondary N) is 2. The molecule has 2 aromatic rings. The van der Waals surface area contributed by atoms with E-state index < -0.39 is 6.04 Å². The minimum atomic E-state index is -0.555. The molecular weight excluding hydrogens is 240 g/mol. The number of aryl methyl sites for hydroxylation is 1. The molecule has 0 aliphatic heterocycles. The number of fused-ring (bicyclic) bond motifs is 1. The zero-order valence-corrected chi connectivity index (χ0v) is 11.5. The third kappa shape index (κ3) is 2.94. The fourth-order valence-corrected chi connectivity index (χ4v) is 2.21. The van der Waals surface area contributed by atoms with Gasteiger partial charge in [-0.15, -0.1) is 0 Å². The zero-order chi connectivity index (χ0) is 14.0. The molecule has 5 heteroatoms. The molecule has 2 rings (SSSR count). The van der Waals surface area contributed by atoms with Gasteiger partial charge in [0.15, 0.2) is 0 Å². The number of carbonyl (C=O) groups is 1. The number of nitrogens with two attached hydrogens (primary N) is 1. The van der Waals surface area contributed by atoms with E-state index in [-0.39, 0.29) is 5.91 Å². The quantitative estimate of drug-likeness (QED) is 0.716. The van der Waals surface area contributed by atoms with Crippen LogP contribution in [0, 0.1) is 6.92 Å². The van der Waals surface area contributed by atoms with Gasteiger partial charge >= 0.3 is 0 Å². The van der Waals surface area contributed by atoms with Crippen molar-refractivity contribution in [3.63, 3.8) is 0 Å². The van der Waals surface area contributed by atoms with Gasteiger partial charge in [-0.1, -0.05) is 18.2 Å². The summed E-state index contributed by atoms with van der Waals surface area (Å²) in [5.41, 5.74) is 11.9. The Morgan fingerprint density at radius 1 is 1.42 bits per heavy atom. The van der Waals surface area contributed by atoms with Crippen molar-refractivity contribution in [2.24, 2.45) is 5.73 Å². The highest BCUT2D eigenvalue weighted by atomic mass is 16.2. The van der Waals surface area contributed by atoms with Crippen molar-refractivity contribution in [2.75, 3.05) is 14.1 Å². The topological polar surface area (TPSA) is 74.1 Å². The Kier molecular flexibility index (Phi) is 3.87. The van der Waals surface area contributed by atoms with Crippen LogP contribution in [0.15, 0.2) is 24.3 Å². The third-order valence-electron chi connectivity index (χ3n) is 3.12. The second-order valence-corrected chi connectivity index (χ2v) is 4.96. The van der Waals surface area contributed by atoms with Crippen LogP contribution in [-0.4, -0.2) is 36.0 Å². The SMILES string of the molecule is Cc1[nH]c2ccccc2c1CC(N)C(=O)NN(C)C. The first-order valence-corrected chi connectivity index (χ1v) is 6.28. The summed E-state index contributed by atoms with van der Waals surface area (Å²) in [5, 5.41) is 2.73. The molecule has 1 amide bonds. The number of H-pyrrole nitrogens is 1. The molecule has 1 heterocycles. The van der Waals surface area contributed by atoms with Gasteiger partial charge in [-0.25, -0.2) is 5.01 Å². The predicted molar refractivity (Wildman–Crippen MR) is 76.5 cm³/mol. The van der Waals surface area contributed by atoms with Gasteiger partial charge < -0.3 is 10.7 Å². The van der Waals surface area contributed by atoms with Gasteiger partial charge in [0.1, 0.15) is 0 Å². The highest BCUT2D eigenvalue weighted by Gasteiger charge is 2.18. The van der Waals surface area contributed by atoms with Crippen molar-refractivity contribution in [3.8, 4) is 0 Å².